The number of rotatable bonds is 8. The molecule has 0 unspecified atom stereocenters. The lowest BCUT2D eigenvalue weighted by Gasteiger charge is -2.16. The maximum absolute atomic E-state index is 13.3. The van der Waals surface area contributed by atoms with Gasteiger partial charge in [0.15, 0.2) is 11.5 Å². The molecular formula is C29H26ClN5OS. The number of hydrogen-bond acceptors (Lipinski definition) is 5. The number of nitrogens with zero attached hydrogens (tertiary/aromatic N) is 4. The van der Waals surface area contributed by atoms with E-state index in [1.165, 1.54) is 11.8 Å². The molecule has 0 aliphatic carbocycles. The molecule has 0 aliphatic rings. The van der Waals surface area contributed by atoms with Gasteiger partial charge in [-0.1, -0.05) is 97.9 Å². The van der Waals surface area contributed by atoms with Gasteiger partial charge in [-0.05, 0) is 37.1 Å². The van der Waals surface area contributed by atoms with Crippen molar-refractivity contribution in [2.75, 3.05) is 5.32 Å². The molecule has 1 N–H and O–H groups in total. The minimum Gasteiger partial charge on any atom is -0.324 e. The van der Waals surface area contributed by atoms with E-state index in [4.69, 9.17) is 26.7 Å². The zero-order chi connectivity index (χ0) is 25.8. The van der Waals surface area contributed by atoms with Gasteiger partial charge >= 0.3 is 0 Å². The summed E-state index contributed by atoms with van der Waals surface area (Å²) in [6.07, 6.45) is 1.32. The number of nitrogens with one attached hydrogen (secondary N) is 1. The molecule has 0 spiro atoms. The molecule has 0 radical (unpaired) electrons. The van der Waals surface area contributed by atoms with Gasteiger partial charge in [0, 0.05) is 5.56 Å². The minimum absolute atomic E-state index is 0.123. The van der Waals surface area contributed by atoms with E-state index in [0.717, 1.165) is 33.0 Å². The van der Waals surface area contributed by atoms with Crippen LogP contribution in [0.4, 0.5) is 5.69 Å². The number of aromatic nitrogens is 4. The normalized spacial score (nSPS) is 12.0. The van der Waals surface area contributed by atoms with E-state index in [1.54, 1.807) is 12.1 Å². The number of thioether (sulfide) groups is 1. The summed E-state index contributed by atoms with van der Waals surface area (Å²) < 4.78 is 1.87. The molecule has 5 aromatic rings. The fourth-order valence-corrected chi connectivity index (χ4v) is 5.34. The van der Waals surface area contributed by atoms with Crippen LogP contribution < -0.4 is 5.32 Å². The van der Waals surface area contributed by atoms with Crippen molar-refractivity contribution in [1.29, 1.82) is 0 Å². The van der Waals surface area contributed by atoms with Crippen LogP contribution in [0.1, 0.15) is 26.0 Å². The molecule has 2 aromatic heterocycles. The molecule has 6 nitrogen and oxygen atoms in total. The summed E-state index contributed by atoms with van der Waals surface area (Å²) in [6, 6.07) is 27.1. The van der Waals surface area contributed by atoms with Crippen LogP contribution in [0.5, 0.6) is 0 Å². The number of fused-ring (bicyclic) bond motifs is 1. The molecule has 0 bridgehead atoms. The third-order valence-electron chi connectivity index (χ3n) is 5.98. The van der Waals surface area contributed by atoms with Crippen LogP contribution >= 0.6 is 23.4 Å². The quantitative estimate of drug-likeness (QED) is 0.170. The summed E-state index contributed by atoms with van der Waals surface area (Å²) in [6.45, 7) is 4.06. The number of carbonyl (C=O) groups excluding carboxylic acids is 1. The molecule has 1 amide bonds. The second-order valence-corrected chi connectivity index (χ2v) is 10.0. The Kier molecular flexibility index (Phi) is 7.53. The van der Waals surface area contributed by atoms with Crippen molar-refractivity contribution in [2.24, 2.45) is 0 Å². The van der Waals surface area contributed by atoms with Crippen molar-refractivity contribution >= 4 is 46.0 Å². The molecule has 1 atom stereocenters. The molecule has 0 saturated heterocycles. The number of para-hydroxylation sites is 2. The highest BCUT2D eigenvalue weighted by atomic mass is 35.5. The van der Waals surface area contributed by atoms with Crippen molar-refractivity contribution < 1.29 is 4.79 Å². The second kappa shape index (κ2) is 11.2. The monoisotopic (exact) mass is 527 g/mol. The zero-order valence-electron chi connectivity index (χ0n) is 20.6. The summed E-state index contributed by atoms with van der Waals surface area (Å²) >= 11 is 7.73. The molecule has 0 fully saturated rings. The van der Waals surface area contributed by atoms with E-state index < -0.39 is 0 Å². The minimum atomic E-state index is -0.386. The van der Waals surface area contributed by atoms with Gasteiger partial charge in [-0.3, -0.25) is 4.79 Å². The third-order valence-corrected chi connectivity index (χ3v) is 7.66. The Bertz CT molecular complexity index is 1540. The Hall–Kier alpha value is -3.68. The van der Waals surface area contributed by atoms with Gasteiger partial charge in [0.1, 0.15) is 5.03 Å². The molecule has 0 saturated carbocycles. The van der Waals surface area contributed by atoms with Crippen molar-refractivity contribution in [3.8, 4) is 17.1 Å². The number of carbonyl (C=O) groups is 1. The van der Waals surface area contributed by atoms with Crippen molar-refractivity contribution in [3.05, 3.63) is 95.6 Å². The average molecular weight is 528 g/mol. The van der Waals surface area contributed by atoms with Crippen LogP contribution in [0.3, 0.4) is 0 Å². The molecule has 2 heterocycles. The molecular weight excluding hydrogens is 502 g/mol. The van der Waals surface area contributed by atoms with Crippen LogP contribution in [0.15, 0.2) is 90.0 Å². The third kappa shape index (κ3) is 5.24. The summed E-state index contributed by atoms with van der Waals surface area (Å²) in [4.78, 5) is 23.3. The van der Waals surface area contributed by atoms with Gasteiger partial charge in [-0.25, -0.2) is 14.6 Å². The predicted molar refractivity (Wildman–Crippen MR) is 151 cm³/mol. The Morgan fingerprint density at radius 3 is 2.30 bits per heavy atom. The average Bonchev–Trinajstić information content (AvgIpc) is 3.33. The number of amides is 1. The highest BCUT2D eigenvalue weighted by molar-refractivity contribution is 8.00. The van der Waals surface area contributed by atoms with Crippen molar-refractivity contribution in [3.63, 3.8) is 0 Å². The first-order valence-electron chi connectivity index (χ1n) is 12.2. The maximum Gasteiger partial charge on any atom is 0.237 e. The van der Waals surface area contributed by atoms with Gasteiger partial charge in [-0.2, -0.15) is 5.10 Å². The van der Waals surface area contributed by atoms with Gasteiger partial charge in [0.2, 0.25) is 5.91 Å². The highest BCUT2D eigenvalue weighted by Crippen LogP contribution is 2.36. The first-order chi connectivity index (χ1) is 18.1. The fraction of sp³-hybridized carbons (Fsp3) is 0.172. The number of halogens is 1. The van der Waals surface area contributed by atoms with Gasteiger partial charge < -0.3 is 5.32 Å². The fourth-order valence-electron chi connectivity index (χ4n) is 4.08. The Morgan fingerprint density at radius 2 is 1.62 bits per heavy atom. The Morgan fingerprint density at radius 1 is 0.946 bits per heavy atom. The molecule has 0 aliphatic heterocycles. The van der Waals surface area contributed by atoms with E-state index in [9.17, 15) is 4.79 Å². The lowest BCUT2D eigenvalue weighted by atomic mass is 10.2. The predicted octanol–water partition coefficient (Wildman–Crippen LogP) is 7.21. The second-order valence-electron chi connectivity index (χ2n) is 8.45. The van der Waals surface area contributed by atoms with Crippen LogP contribution in [0.2, 0.25) is 5.02 Å². The van der Waals surface area contributed by atoms with Crippen LogP contribution in [0, 0.1) is 0 Å². The number of aryl methyl sites for hydroxylation is 1. The molecule has 3 aromatic carbocycles. The molecule has 8 heteroatoms. The van der Waals surface area contributed by atoms with E-state index in [1.807, 2.05) is 84.4 Å². The lowest BCUT2D eigenvalue weighted by Crippen LogP contribution is -2.25. The number of benzene rings is 3. The first-order valence-corrected chi connectivity index (χ1v) is 13.5. The van der Waals surface area contributed by atoms with Crippen LogP contribution in [-0.4, -0.2) is 30.9 Å². The standard InChI is InChI=1S/C29H26ClN5OS/c1-3-22-25-27(35(34-22)20-15-9-6-10-16-20)32-26(19-13-7-5-8-14-19)33-29(25)37-24(4-2)28(36)31-23-18-12-11-17-21(23)30/h5-18,24H,3-4H2,1-2H3,(H,31,36)/t24-/m0/s1. The SMILES string of the molecule is CCc1nn(-c2ccccc2)c2nc(-c3ccccc3)nc(S[C@@H](CC)C(=O)Nc3ccccc3Cl)c12. The van der Waals surface area contributed by atoms with E-state index >= 15 is 0 Å². The smallest absolute Gasteiger partial charge is 0.237 e. The summed E-state index contributed by atoms with van der Waals surface area (Å²) in [7, 11) is 0. The maximum atomic E-state index is 13.3. The number of hydrogen-bond donors (Lipinski definition) is 1. The largest absolute Gasteiger partial charge is 0.324 e. The van der Waals surface area contributed by atoms with Gasteiger partial charge in [0.05, 0.1) is 32.7 Å². The first kappa shape index (κ1) is 25.0. The van der Waals surface area contributed by atoms with Crippen molar-refractivity contribution in [2.45, 2.75) is 37.0 Å². The van der Waals surface area contributed by atoms with Gasteiger partial charge in [0.25, 0.3) is 0 Å². The van der Waals surface area contributed by atoms with Crippen LogP contribution in [0.25, 0.3) is 28.1 Å². The van der Waals surface area contributed by atoms with E-state index in [-0.39, 0.29) is 11.2 Å². The van der Waals surface area contributed by atoms with Crippen molar-refractivity contribution in [1.82, 2.24) is 19.7 Å². The summed E-state index contributed by atoms with van der Waals surface area (Å²) in [5.74, 6) is 0.471. The summed E-state index contributed by atoms with van der Waals surface area (Å²) in [5, 5.41) is 9.63. The Labute approximate surface area is 225 Å². The molecule has 186 valence electrons. The molecule has 5 rings (SSSR count). The van der Waals surface area contributed by atoms with E-state index in [2.05, 4.69) is 12.2 Å². The molecule has 37 heavy (non-hydrogen) atoms. The lowest BCUT2D eigenvalue weighted by molar-refractivity contribution is -0.115. The summed E-state index contributed by atoms with van der Waals surface area (Å²) in [5.41, 5.74) is 4.03. The van der Waals surface area contributed by atoms with Crippen LogP contribution in [-0.2, 0) is 11.2 Å². The topological polar surface area (TPSA) is 72.7 Å². The van der Waals surface area contributed by atoms with E-state index in [0.29, 0.717) is 29.4 Å². The van der Waals surface area contributed by atoms with Gasteiger partial charge in [-0.15, -0.1) is 0 Å². The Balaban J connectivity index is 1.62. The zero-order valence-corrected chi connectivity index (χ0v) is 22.1. The number of anilines is 1. The highest BCUT2D eigenvalue weighted by Gasteiger charge is 2.25.